The number of phosphoric ester groups is 1. The summed E-state index contributed by atoms with van der Waals surface area (Å²) in [6.07, 6.45) is -3.21. The van der Waals surface area contributed by atoms with Gasteiger partial charge in [-0.3, -0.25) is 32.4 Å². The highest BCUT2D eigenvalue weighted by Crippen LogP contribution is 2.59. The number of imidazole rings is 2. The molecule has 1 aliphatic carbocycles. The van der Waals surface area contributed by atoms with E-state index in [0.717, 1.165) is 6.33 Å². The summed E-state index contributed by atoms with van der Waals surface area (Å²) in [5.41, 5.74) is 11.6. The van der Waals surface area contributed by atoms with Crippen LogP contribution in [0.15, 0.2) is 23.8 Å². The number of thiol groups is 1. The Balaban J connectivity index is 1.15. The lowest BCUT2D eigenvalue weighted by Crippen LogP contribution is -2.34. The van der Waals surface area contributed by atoms with Crippen LogP contribution in [-0.4, -0.2) is 81.6 Å². The zero-order valence-electron chi connectivity index (χ0n) is 22.3. The van der Waals surface area contributed by atoms with Crippen molar-refractivity contribution in [2.24, 2.45) is 5.92 Å². The molecule has 3 aliphatic rings. The molecule has 0 amide bonds. The van der Waals surface area contributed by atoms with Crippen molar-refractivity contribution in [3.8, 4) is 0 Å². The minimum Gasteiger partial charge on any atom is -0.382 e. The summed E-state index contributed by atoms with van der Waals surface area (Å²) in [6.45, 7) is -5.13. The number of nitrogens with zero attached hydrogens (tertiary/aromatic N) is 7. The van der Waals surface area contributed by atoms with Gasteiger partial charge in [-0.05, 0) is 12.8 Å². The lowest BCUT2D eigenvalue weighted by molar-refractivity contribution is -0.0467. The van der Waals surface area contributed by atoms with Gasteiger partial charge in [0, 0.05) is 12.0 Å². The van der Waals surface area contributed by atoms with Gasteiger partial charge in [0.15, 0.2) is 35.0 Å². The number of alkyl halides is 1. The Morgan fingerprint density at radius 1 is 1.00 bits per heavy atom. The number of nitrogen functional groups attached to an aromatic ring is 2. The first-order valence-corrected chi connectivity index (χ1v) is 17.3. The molecule has 9 atom stereocenters. The molecule has 23 heteroatoms. The van der Waals surface area contributed by atoms with Crippen molar-refractivity contribution >= 4 is 61.0 Å². The number of hydrogen-bond acceptors (Lipinski definition) is 15. The number of nitrogens with one attached hydrogen (secondary N) is 1. The summed E-state index contributed by atoms with van der Waals surface area (Å²) in [5.74, 6) is -0.700. The zero-order chi connectivity index (χ0) is 31.0. The van der Waals surface area contributed by atoms with Crippen molar-refractivity contribution in [3.63, 3.8) is 0 Å². The van der Waals surface area contributed by atoms with E-state index in [-0.39, 0.29) is 46.9 Å². The van der Waals surface area contributed by atoms with Gasteiger partial charge >= 0.3 is 14.6 Å². The third kappa shape index (κ3) is 5.31. The van der Waals surface area contributed by atoms with E-state index >= 15 is 4.39 Å². The van der Waals surface area contributed by atoms with E-state index in [1.54, 1.807) is 4.57 Å². The molecule has 2 saturated heterocycles. The van der Waals surface area contributed by atoms with E-state index < -0.39 is 76.1 Å². The number of fused-ring (bicyclic) bond motifs is 4. The number of aromatic amines is 1. The highest BCUT2D eigenvalue weighted by molar-refractivity contribution is 8.44. The smallest absolute Gasteiger partial charge is 0.382 e. The Labute approximate surface area is 250 Å². The Morgan fingerprint density at radius 2 is 1.77 bits per heavy atom. The maximum atomic E-state index is 15.9. The number of anilines is 2. The minimum atomic E-state index is -4.90. The average Bonchev–Trinajstić information content (AvgIpc) is 3.72. The number of rotatable bonds is 2. The second kappa shape index (κ2) is 10.8. The van der Waals surface area contributed by atoms with E-state index in [4.69, 9.17) is 34.3 Å². The predicted molar refractivity (Wildman–Crippen MR) is 151 cm³/mol. The number of hydrogen-bond donors (Lipinski definition) is 5. The molecule has 7 rings (SSSR count). The second-order valence-electron chi connectivity index (χ2n) is 10.5. The summed E-state index contributed by atoms with van der Waals surface area (Å²) >= 11 is 4.12. The number of ether oxygens (including phenoxy) is 1. The highest BCUT2D eigenvalue weighted by Gasteiger charge is 2.52. The van der Waals surface area contributed by atoms with Gasteiger partial charge in [0.1, 0.15) is 24.1 Å². The van der Waals surface area contributed by atoms with Crippen molar-refractivity contribution in [2.45, 2.75) is 49.6 Å². The summed E-state index contributed by atoms with van der Waals surface area (Å²) in [4.78, 5) is 45.5. The molecular weight excluding hydrogens is 649 g/mol. The molecule has 19 nitrogen and oxygen atoms in total. The Hall–Kier alpha value is -3.00. The maximum absolute atomic E-state index is 15.9. The van der Waals surface area contributed by atoms with Gasteiger partial charge < -0.3 is 25.7 Å². The number of aromatic nitrogens is 8. The van der Waals surface area contributed by atoms with Gasteiger partial charge in [0.2, 0.25) is 5.95 Å². The Morgan fingerprint density at radius 3 is 2.59 bits per heavy atom. The second-order valence-corrected chi connectivity index (χ2v) is 14.8. The average molecular weight is 675 g/mol. The van der Waals surface area contributed by atoms with Crippen molar-refractivity contribution < 1.29 is 41.2 Å². The van der Waals surface area contributed by atoms with Crippen LogP contribution in [0.1, 0.15) is 25.1 Å². The molecule has 6 heterocycles. The molecule has 6 N–H and O–H groups in total. The van der Waals surface area contributed by atoms with Crippen molar-refractivity contribution in [1.82, 2.24) is 39.0 Å². The molecule has 0 bridgehead atoms. The minimum absolute atomic E-state index is 0.0534. The maximum Gasteiger partial charge on any atom is 0.472 e. The highest BCUT2D eigenvalue weighted by atomic mass is 32.7. The lowest BCUT2D eigenvalue weighted by atomic mass is 10.1. The molecule has 236 valence electrons. The molecule has 3 unspecified atom stereocenters. The first-order valence-electron chi connectivity index (χ1n) is 13.2. The Kier molecular flexibility index (Phi) is 7.30. The fourth-order valence-corrected chi connectivity index (χ4v) is 8.34. The predicted octanol–water partition coefficient (Wildman–Crippen LogP) is 1.27. The molecule has 0 radical (unpaired) electrons. The summed E-state index contributed by atoms with van der Waals surface area (Å²) < 4.78 is 72.9. The molecule has 2 aliphatic heterocycles. The van der Waals surface area contributed by atoms with Gasteiger partial charge in [0.25, 0.3) is 5.56 Å². The van der Waals surface area contributed by atoms with Gasteiger partial charge in [-0.2, -0.15) is 4.98 Å². The molecule has 0 aromatic carbocycles. The van der Waals surface area contributed by atoms with Crippen LogP contribution in [0.2, 0.25) is 0 Å². The molecular formula is C21H25FN10O9P2S. The van der Waals surface area contributed by atoms with Crippen LogP contribution in [0.25, 0.3) is 22.3 Å². The normalized spacial score (nSPS) is 36.6. The summed E-state index contributed by atoms with van der Waals surface area (Å²) in [6, 6.07) is -0.425. The van der Waals surface area contributed by atoms with Gasteiger partial charge in [-0.15, -0.1) is 0 Å². The molecule has 4 aromatic rings. The standard InChI is InChI=1S/C21H25FN10O9P2S/c22-12-15-11(39-20(12)32-7-27-13-16(23)25-5-26-17(13)32)4-38-43(36,44)40-10-2-9(1-8(10)3-37-42(34,35)41-15)31-6-28-14-18(31)29-21(24)30-19(14)33/h5-12,15,20H,1-4H2,(H,34,35)(H,36,44)(H2,23,25,26)(H3,24,29,30,33)/t8-,9-,10?,11-,12+,15+,20-,43?/m1/s1. The van der Waals surface area contributed by atoms with Crippen LogP contribution in [0.4, 0.5) is 16.2 Å². The molecule has 0 spiro atoms. The van der Waals surface area contributed by atoms with E-state index in [1.807, 2.05) is 0 Å². The van der Waals surface area contributed by atoms with E-state index in [1.165, 1.54) is 17.2 Å². The summed E-state index contributed by atoms with van der Waals surface area (Å²) in [7, 11) is -4.90. The van der Waals surface area contributed by atoms with Gasteiger partial charge in [0.05, 0.1) is 32.0 Å². The van der Waals surface area contributed by atoms with Crippen LogP contribution in [0, 0.1) is 5.92 Å². The quantitative estimate of drug-likeness (QED) is 0.148. The number of phosphoric acid groups is 1. The largest absolute Gasteiger partial charge is 0.472 e. The third-order valence-electron chi connectivity index (χ3n) is 7.75. The van der Waals surface area contributed by atoms with E-state index in [9.17, 15) is 18.8 Å². The number of H-pyrrole nitrogens is 1. The topological polar surface area (TPSA) is 260 Å². The van der Waals surface area contributed by atoms with Crippen molar-refractivity contribution in [3.05, 3.63) is 29.3 Å². The Bertz CT molecular complexity index is 1910. The fourth-order valence-electron chi connectivity index (χ4n) is 5.78. The van der Waals surface area contributed by atoms with E-state index in [0.29, 0.717) is 0 Å². The first kappa shape index (κ1) is 29.7. The molecule has 1 saturated carbocycles. The fraction of sp³-hybridized carbons (Fsp3) is 0.524. The SMILES string of the molecule is Nc1nc2c(ncn2[C@H]2CC3OP(=O)(S)OC[C@H]4O[C@@H](n5cnc6c(N)ncnc65)[C@@H](F)[C@H]4OP(=O)(O)OC[C@H]3C2)c(=O)[nH]1. The van der Waals surface area contributed by atoms with Crippen LogP contribution < -0.4 is 17.0 Å². The van der Waals surface area contributed by atoms with Gasteiger partial charge in [-0.1, -0.05) is 12.2 Å². The van der Waals surface area contributed by atoms with Crippen molar-refractivity contribution in [2.75, 3.05) is 24.7 Å². The first-order chi connectivity index (χ1) is 20.9. The van der Waals surface area contributed by atoms with Crippen molar-refractivity contribution in [1.29, 1.82) is 0 Å². The molecule has 44 heavy (non-hydrogen) atoms. The van der Waals surface area contributed by atoms with Gasteiger partial charge in [-0.25, -0.2) is 33.5 Å². The van der Waals surface area contributed by atoms with Crippen LogP contribution in [-0.2, 0) is 32.0 Å². The third-order valence-corrected chi connectivity index (χ3v) is 10.4. The molecule has 4 aromatic heterocycles. The van der Waals surface area contributed by atoms with Crippen LogP contribution in [0.5, 0.6) is 0 Å². The monoisotopic (exact) mass is 674 g/mol. The zero-order valence-corrected chi connectivity index (χ0v) is 25.0. The number of halogens is 1. The van der Waals surface area contributed by atoms with Crippen LogP contribution >= 0.6 is 26.9 Å². The lowest BCUT2D eigenvalue weighted by Gasteiger charge is -2.28. The molecule has 3 fully saturated rings. The van der Waals surface area contributed by atoms with E-state index in [2.05, 4.69) is 42.2 Å². The summed E-state index contributed by atoms with van der Waals surface area (Å²) in [5, 5.41) is 0. The number of nitrogens with two attached hydrogens (primary N) is 2. The van der Waals surface area contributed by atoms with Crippen LogP contribution in [0.3, 0.4) is 0 Å².